The maximum atomic E-state index is 10.7. The van der Waals surface area contributed by atoms with Gasteiger partial charge in [-0.1, -0.05) is 18.2 Å². The number of rotatable bonds is 1. The summed E-state index contributed by atoms with van der Waals surface area (Å²) in [5.74, 6) is -0.357. The normalized spacial score (nSPS) is 18.7. The van der Waals surface area contributed by atoms with Gasteiger partial charge in [0.25, 0.3) is 0 Å². The third-order valence-corrected chi connectivity index (χ3v) is 2.23. The van der Waals surface area contributed by atoms with E-state index < -0.39 is 11.9 Å². The molecule has 74 valence electrons. The van der Waals surface area contributed by atoms with Gasteiger partial charge in [-0.25, -0.2) is 0 Å². The quantitative estimate of drug-likeness (QED) is 0.729. The van der Waals surface area contributed by atoms with Gasteiger partial charge < -0.3 is 9.84 Å². The standard InChI is InChI=1S/C10H10O3.O/c11-10(12)8-5-7-3-1-2-4-9(7)13-6-8;/h1-4,8H,5-6H2,(H,11,12);. The lowest BCUT2D eigenvalue weighted by Crippen LogP contribution is -2.27. The van der Waals surface area contributed by atoms with Gasteiger partial charge in [-0.05, 0) is 18.1 Å². The second-order valence-electron chi connectivity index (χ2n) is 3.16. The summed E-state index contributed by atoms with van der Waals surface area (Å²) >= 11 is 0. The highest BCUT2D eigenvalue weighted by Gasteiger charge is 2.24. The smallest absolute Gasteiger partial charge is 0.310 e. The van der Waals surface area contributed by atoms with Crippen LogP contribution in [0.25, 0.3) is 0 Å². The van der Waals surface area contributed by atoms with E-state index in [9.17, 15) is 4.79 Å². The van der Waals surface area contributed by atoms with Crippen LogP contribution < -0.4 is 4.74 Å². The van der Waals surface area contributed by atoms with Crippen LogP contribution in [0, 0.1) is 5.92 Å². The molecule has 0 amide bonds. The highest BCUT2D eigenvalue weighted by Crippen LogP contribution is 2.26. The summed E-state index contributed by atoms with van der Waals surface area (Å²) in [5, 5.41) is 8.78. The monoisotopic (exact) mass is 194 g/mol. The Kier molecular flexibility index (Phi) is 3.09. The van der Waals surface area contributed by atoms with Crippen LogP contribution in [-0.4, -0.2) is 17.7 Å². The summed E-state index contributed by atoms with van der Waals surface area (Å²) in [6.45, 7) is 0.284. The number of benzene rings is 1. The van der Waals surface area contributed by atoms with Crippen molar-refractivity contribution in [3.63, 3.8) is 0 Å². The maximum absolute atomic E-state index is 10.7. The molecule has 4 nitrogen and oxygen atoms in total. The van der Waals surface area contributed by atoms with Crippen molar-refractivity contribution < 1.29 is 20.1 Å². The van der Waals surface area contributed by atoms with Crippen molar-refractivity contribution in [1.29, 1.82) is 0 Å². The Hall–Kier alpha value is -1.55. The topological polar surface area (TPSA) is 75.0 Å². The molecule has 2 rings (SSSR count). The fourth-order valence-corrected chi connectivity index (χ4v) is 1.49. The number of hydrogen-bond acceptors (Lipinski definition) is 2. The predicted molar refractivity (Wildman–Crippen MR) is 47.5 cm³/mol. The Morgan fingerprint density at radius 3 is 2.86 bits per heavy atom. The molecule has 1 unspecified atom stereocenters. The molecule has 0 aliphatic carbocycles. The largest absolute Gasteiger partial charge is 0.492 e. The van der Waals surface area contributed by atoms with Crippen LogP contribution in [-0.2, 0) is 16.7 Å². The van der Waals surface area contributed by atoms with Crippen LogP contribution in [0.3, 0.4) is 0 Å². The molecule has 0 saturated carbocycles. The van der Waals surface area contributed by atoms with Gasteiger partial charge in [-0.15, -0.1) is 0 Å². The third kappa shape index (κ3) is 1.85. The van der Waals surface area contributed by atoms with Crippen molar-refractivity contribution in [2.24, 2.45) is 5.92 Å². The SMILES string of the molecule is O=C(O)C1COc2ccccc2C1.[O]. The molecule has 1 heterocycles. The van der Waals surface area contributed by atoms with Crippen molar-refractivity contribution in [3.8, 4) is 5.75 Å². The number of hydrogen-bond donors (Lipinski definition) is 1. The van der Waals surface area contributed by atoms with Crippen molar-refractivity contribution >= 4 is 5.97 Å². The number of carboxylic acid groups (broad SMARTS) is 1. The first kappa shape index (κ1) is 10.5. The van der Waals surface area contributed by atoms with Gasteiger partial charge in [0.1, 0.15) is 12.4 Å². The van der Waals surface area contributed by atoms with Crippen molar-refractivity contribution in [2.45, 2.75) is 6.42 Å². The van der Waals surface area contributed by atoms with Crippen LogP contribution in [0.15, 0.2) is 24.3 Å². The van der Waals surface area contributed by atoms with E-state index >= 15 is 0 Å². The highest BCUT2D eigenvalue weighted by molar-refractivity contribution is 5.71. The van der Waals surface area contributed by atoms with E-state index in [1.165, 1.54) is 0 Å². The number of ether oxygens (including phenoxy) is 1. The lowest BCUT2D eigenvalue weighted by molar-refractivity contribution is -0.143. The zero-order valence-corrected chi connectivity index (χ0v) is 7.47. The minimum absolute atomic E-state index is 0. The zero-order chi connectivity index (χ0) is 9.26. The van der Waals surface area contributed by atoms with Crippen LogP contribution >= 0.6 is 0 Å². The Balaban J connectivity index is 0.000000980. The lowest BCUT2D eigenvalue weighted by Gasteiger charge is -2.21. The number of carbonyl (C=O) groups is 1. The summed E-state index contributed by atoms with van der Waals surface area (Å²) in [7, 11) is 0. The van der Waals surface area contributed by atoms with E-state index in [0.717, 1.165) is 11.3 Å². The molecule has 0 fully saturated rings. The lowest BCUT2D eigenvalue weighted by atomic mass is 9.97. The molecule has 1 aromatic rings. The van der Waals surface area contributed by atoms with Gasteiger partial charge in [0, 0.05) is 5.48 Å². The van der Waals surface area contributed by atoms with E-state index in [4.69, 9.17) is 9.84 Å². The van der Waals surface area contributed by atoms with Crippen LogP contribution in [0.2, 0.25) is 0 Å². The summed E-state index contributed by atoms with van der Waals surface area (Å²) in [5.41, 5.74) is 0.987. The fraction of sp³-hybridized carbons (Fsp3) is 0.300. The molecule has 1 atom stereocenters. The molecule has 1 aliphatic heterocycles. The molecule has 1 aliphatic rings. The average Bonchev–Trinajstić information content (AvgIpc) is 2.17. The van der Waals surface area contributed by atoms with E-state index in [0.29, 0.717) is 6.42 Å². The van der Waals surface area contributed by atoms with E-state index in [-0.39, 0.29) is 12.1 Å². The number of carboxylic acids is 1. The minimum Gasteiger partial charge on any atom is -0.492 e. The minimum atomic E-state index is -0.783. The highest BCUT2D eigenvalue weighted by atomic mass is 16.5. The fourth-order valence-electron chi connectivity index (χ4n) is 1.49. The van der Waals surface area contributed by atoms with Gasteiger partial charge in [0.2, 0.25) is 0 Å². The molecule has 0 saturated heterocycles. The first-order valence-electron chi connectivity index (χ1n) is 4.21. The Bertz CT molecular complexity index is 335. The van der Waals surface area contributed by atoms with E-state index in [2.05, 4.69) is 0 Å². The maximum Gasteiger partial charge on any atom is 0.310 e. The second kappa shape index (κ2) is 4.11. The van der Waals surface area contributed by atoms with Crippen LogP contribution in [0.1, 0.15) is 5.56 Å². The molecule has 14 heavy (non-hydrogen) atoms. The van der Waals surface area contributed by atoms with E-state index in [1.807, 2.05) is 24.3 Å². The first-order valence-corrected chi connectivity index (χ1v) is 4.21. The third-order valence-electron chi connectivity index (χ3n) is 2.23. The second-order valence-corrected chi connectivity index (χ2v) is 3.16. The molecule has 0 aromatic heterocycles. The number of fused-ring (bicyclic) bond motifs is 1. The molecule has 0 spiro atoms. The summed E-state index contributed by atoms with van der Waals surface area (Å²) in [4.78, 5) is 10.7. The van der Waals surface area contributed by atoms with Gasteiger partial charge in [-0.3, -0.25) is 4.79 Å². The van der Waals surface area contributed by atoms with E-state index in [1.54, 1.807) is 0 Å². The molecule has 0 bridgehead atoms. The molecule has 1 N–H and O–H groups in total. The average molecular weight is 194 g/mol. The van der Waals surface area contributed by atoms with Gasteiger partial charge in [0.15, 0.2) is 0 Å². The zero-order valence-electron chi connectivity index (χ0n) is 7.47. The number of para-hydroxylation sites is 1. The van der Waals surface area contributed by atoms with Crippen LogP contribution in [0.5, 0.6) is 5.75 Å². The van der Waals surface area contributed by atoms with Gasteiger partial charge in [-0.2, -0.15) is 0 Å². The van der Waals surface area contributed by atoms with Crippen molar-refractivity contribution in [3.05, 3.63) is 29.8 Å². The summed E-state index contributed by atoms with van der Waals surface area (Å²) in [6, 6.07) is 7.56. The molecular weight excluding hydrogens is 184 g/mol. The molecule has 1 aromatic carbocycles. The van der Waals surface area contributed by atoms with Crippen molar-refractivity contribution in [2.75, 3.05) is 6.61 Å². The Labute approximate surface area is 81.4 Å². The van der Waals surface area contributed by atoms with Crippen molar-refractivity contribution in [1.82, 2.24) is 0 Å². The number of aliphatic carboxylic acids is 1. The van der Waals surface area contributed by atoms with Crippen LogP contribution in [0.4, 0.5) is 0 Å². The summed E-state index contributed by atoms with van der Waals surface area (Å²) < 4.78 is 5.32. The predicted octanol–water partition coefficient (Wildman–Crippen LogP) is 1.20. The summed E-state index contributed by atoms with van der Waals surface area (Å²) in [6.07, 6.45) is 0.575. The molecule has 2 radical (unpaired) electrons. The Morgan fingerprint density at radius 2 is 2.14 bits per heavy atom. The molecular formula is C10H10O4. The van der Waals surface area contributed by atoms with Gasteiger partial charge >= 0.3 is 5.97 Å². The Morgan fingerprint density at radius 1 is 1.43 bits per heavy atom. The van der Waals surface area contributed by atoms with Gasteiger partial charge in [0.05, 0.1) is 5.92 Å². The first-order chi connectivity index (χ1) is 6.27. The molecule has 4 heteroatoms.